The van der Waals surface area contributed by atoms with Crippen molar-refractivity contribution in [2.45, 2.75) is 124 Å². The van der Waals surface area contributed by atoms with Crippen LogP contribution in [0.25, 0.3) is 0 Å². The SMILES string of the molecule is CC(C)[C@H](NC(=O)[C@H](C)C[C@H](O[Si](C)(C)C(C)(C)C)[C@H](Cc1ccccc1)NC(=O)OC(C)(C)C)C(=O)NCc1ccccc1. The lowest BCUT2D eigenvalue weighted by atomic mass is 9.93. The number of carbonyl (C=O) groups is 3. The van der Waals surface area contributed by atoms with Gasteiger partial charge in [-0.2, -0.15) is 0 Å². The zero-order valence-electron chi connectivity index (χ0n) is 29.3. The van der Waals surface area contributed by atoms with Crippen molar-refractivity contribution < 1.29 is 23.5 Å². The number of ether oxygens (including phenoxy) is 1. The minimum absolute atomic E-state index is 0.0977. The predicted molar refractivity (Wildman–Crippen MR) is 184 cm³/mol. The highest BCUT2D eigenvalue weighted by molar-refractivity contribution is 6.74. The highest BCUT2D eigenvalue weighted by Gasteiger charge is 2.42. The molecular weight excluding hydrogens is 582 g/mol. The van der Waals surface area contributed by atoms with E-state index in [-0.39, 0.29) is 22.8 Å². The quantitative estimate of drug-likeness (QED) is 0.193. The van der Waals surface area contributed by atoms with Crippen molar-refractivity contribution in [3.63, 3.8) is 0 Å². The zero-order chi connectivity index (χ0) is 34.0. The van der Waals surface area contributed by atoms with Crippen LogP contribution in [-0.2, 0) is 31.7 Å². The molecule has 4 atom stereocenters. The van der Waals surface area contributed by atoms with Crippen molar-refractivity contribution in [1.29, 1.82) is 0 Å². The van der Waals surface area contributed by atoms with E-state index >= 15 is 0 Å². The molecule has 0 radical (unpaired) electrons. The van der Waals surface area contributed by atoms with Crippen molar-refractivity contribution >= 4 is 26.2 Å². The summed E-state index contributed by atoms with van der Waals surface area (Å²) in [5.41, 5.74) is 1.35. The van der Waals surface area contributed by atoms with Gasteiger partial charge in [0, 0.05) is 12.5 Å². The summed E-state index contributed by atoms with van der Waals surface area (Å²) < 4.78 is 12.6. The summed E-state index contributed by atoms with van der Waals surface area (Å²) in [4.78, 5) is 40.0. The van der Waals surface area contributed by atoms with Gasteiger partial charge >= 0.3 is 6.09 Å². The maximum atomic E-state index is 13.7. The van der Waals surface area contributed by atoms with Gasteiger partial charge in [0.25, 0.3) is 0 Å². The first kappa shape index (κ1) is 38.0. The van der Waals surface area contributed by atoms with Crippen molar-refractivity contribution in [1.82, 2.24) is 16.0 Å². The summed E-state index contributed by atoms with van der Waals surface area (Å²) in [5.74, 6) is -1.07. The Balaban J connectivity index is 2.32. The monoisotopic (exact) mass is 639 g/mol. The molecule has 0 saturated carbocycles. The van der Waals surface area contributed by atoms with Crippen molar-refractivity contribution in [2.24, 2.45) is 11.8 Å². The van der Waals surface area contributed by atoms with Gasteiger partial charge in [0.05, 0.1) is 12.1 Å². The molecule has 0 fully saturated rings. The van der Waals surface area contributed by atoms with E-state index in [4.69, 9.17) is 9.16 Å². The first-order valence-electron chi connectivity index (χ1n) is 16.1. The molecule has 9 heteroatoms. The minimum atomic E-state index is -2.35. The third kappa shape index (κ3) is 13.0. The van der Waals surface area contributed by atoms with Gasteiger partial charge in [0.1, 0.15) is 11.6 Å². The fourth-order valence-electron chi connectivity index (χ4n) is 4.63. The zero-order valence-corrected chi connectivity index (χ0v) is 30.3. The number of amides is 3. The van der Waals surface area contributed by atoms with Crippen LogP contribution in [0.15, 0.2) is 60.7 Å². The van der Waals surface area contributed by atoms with Crippen molar-refractivity contribution in [3.8, 4) is 0 Å². The van der Waals surface area contributed by atoms with Gasteiger partial charge in [-0.25, -0.2) is 4.79 Å². The fraction of sp³-hybridized carbons (Fsp3) is 0.583. The molecule has 0 saturated heterocycles. The lowest BCUT2D eigenvalue weighted by Crippen LogP contribution is -2.55. The third-order valence-corrected chi connectivity index (χ3v) is 12.8. The highest BCUT2D eigenvalue weighted by atomic mass is 28.4. The molecule has 3 amide bonds. The maximum absolute atomic E-state index is 13.7. The Morgan fingerprint density at radius 1 is 0.778 bits per heavy atom. The second kappa shape index (κ2) is 16.4. The van der Waals surface area contributed by atoms with Gasteiger partial charge in [-0.3, -0.25) is 9.59 Å². The van der Waals surface area contributed by atoms with E-state index in [1.165, 1.54) is 0 Å². The number of hydrogen-bond donors (Lipinski definition) is 3. The lowest BCUT2D eigenvalue weighted by Gasteiger charge is -2.42. The van der Waals surface area contributed by atoms with Crippen LogP contribution in [0.2, 0.25) is 18.1 Å². The van der Waals surface area contributed by atoms with Crippen LogP contribution in [-0.4, -0.2) is 50.0 Å². The van der Waals surface area contributed by atoms with Crippen LogP contribution < -0.4 is 16.0 Å². The molecule has 3 N–H and O–H groups in total. The number of benzene rings is 2. The molecule has 45 heavy (non-hydrogen) atoms. The lowest BCUT2D eigenvalue weighted by molar-refractivity contribution is -0.132. The molecule has 250 valence electrons. The number of carbonyl (C=O) groups excluding carboxylic acids is 3. The molecular formula is C36H57N3O5Si. The van der Waals surface area contributed by atoms with Crippen LogP contribution in [0.1, 0.15) is 79.9 Å². The Bertz CT molecular complexity index is 1220. The smallest absolute Gasteiger partial charge is 0.407 e. The van der Waals surface area contributed by atoms with E-state index in [0.717, 1.165) is 11.1 Å². The summed E-state index contributed by atoms with van der Waals surface area (Å²) in [6.45, 7) is 22.4. The molecule has 0 aliphatic carbocycles. The summed E-state index contributed by atoms with van der Waals surface area (Å²) >= 11 is 0. The van der Waals surface area contributed by atoms with E-state index < -0.39 is 44.1 Å². The second-order valence-corrected chi connectivity index (χ2v) is 19.7. The summed E-state index contributed by atoms with van der Waals surface area (Å²) in [7, 11) is -2.35. The molecule has 0 heterocycles. The number of hydrogen-bond acceptors (Lipinski definition) is 5. The summed E-state index contributed by atoms with van der Waals surface area (Å²) in [6.07, 6.45) is -0.158. The number of nitrogens with one attached hydrogen (secondary N) is 3. The first-order chi connectivity index (χ1) is 20.8. The predicted octanol–water partition coefficient (Wildman–Crippen LogP) is 7.00. The second-order valence-electron chi connectivity index (χ2n) is 14.9. The molecule has 0 aliphatic rings. The Labute approximate surface area is 272 Å². The van der Waals surface area contributed by atoms with E-state index in [1.54, 1.807) is 0 Å². The standard InChI is InChI=1S/C36H57N3O5Si/c1-25(2)31(33(41)37-24-28-20-16-13-17-21-28)39-32(40)26(3)22-30(44-45(10,11)36(7,8)9)29(23-27-18-14-12-15-19-27)38-34(42)43-35(4,5)6/h12-21,25-26,29-31H,22-24H2,1-11H3,(H,37,41)(H,38,42)(H,39,40)/t26-,29+,30+,31+/m1/s1. The van der Waals surface area contributed by atoms with Gasteiger partial charge < -0.3 is 25.1 Å². The van der Waals surface area contributed by atoms with Crippen molar-refractivity contribution in [3.05, 3.63) is 71.8 Å². The van der Waals surface area contributed by atoms with Crippen LogP contribution >= 0.6 is 0 Å². The fourth-order valence-corrected chi connectivity index (χ4v) is 6.00. The van der Waals surface area contributed by atoms with Gasteiger partial charge in [-0.05, 0) is 68.8 Å². The molecule has 2 rings (SSSR count). The average molecular weight is 640 g/mol. The largest absolute Gasteiger partial charge is 0.444 e. The average Bonchev–Trinajstić information content (AvgIpc) is 2.93. The van der Waals surface area contributed by atoms with Crippen LogP contribution in [0.5, 0.6) is 0 Å². The third-order valence-electron chi connectivity index (χ3n) is 8.29. The van der Waals surface area contributed by atoms with E-state index in [9.17, 15) is 14.4 Å². The molecule has 0 unspecified atom stereocenters. The Hall–Kier alpha value is -3.17. The van der Waals surface area contributed by atoms with Crippen molar-refractivity contribution in [2.75, 3.05) is 0 Å². The van der Waals surface area contributed by atoms with Crippen LogP contribution in [0, 0.1) is 11.8 Å². The van der Waals surface area contributed by atoms with Gasteiger partial charge in [0.15, 0.2) is 8.32 Å². The molecule has 2 aromatic carbocycles. The van der Waals surface area contributed by atoms with Crippen LogP contribution in [0.4, 0.5) is 4.79 Å². The molecule has 8 nitrogen and oxygen atoms in total. The van der Waals surface area contributed by atoms with Crippen LogP contribution in [0.3, 0.4) is 0 Å². The molecule has 0 spiro atoms. The van der Waals surface area contributed by atoms with Gasteiger partial charge in [-0.15, -0.1) is 0 Å². The Morgan fingerprint density at radius 2 is 1.31 bits per heavy atom. The molecule has 0 aliphatic heterocycles. The number of rotatable bonds is 14. The topological polar surface area (TPSA) is 106 Å². The van der Waals surface area contributed by atoms with E-state index in [0.29, 0.717) is 19.4 Å². The summed E-state index contributed by atoms with van der Waals surface area (Å²) in [6, 6.07) is 18.5. The van der Waals surface area contributed by atoms with E-state index in [1.807, 2.05) is 102 Å². The number of alkyl carbamates (subject to hydrolysis) is 1. The molecule has 0 bridgehead atoms. The maximum Gasteiger partial charge on any atom is 0.407 e. The normalized spacial score (nSPS) is 15.0. The summed E-state index contributed by atoms with van der Waals surface area (Å²) in [5, 5.41) is 8.96. The Morgan fingerprint density at radius 3 is 1.80 bits per heavy atom. The van der Waals surface area contributed by atoms with E-state index in [2.05, 4.69) is 49.8 Å². The minimum Gasteiger partial charge on any atom is -0.444 e. The molecule has 2 aromatic rings. The first-order valence-corrected chi connectivity index (χ1v) is 19.0. The highest BCUT2D eigenvalue weighted by Crippen LogP contribution is 2.38. The van der Waals surface area contributed by atoms with Gasteiger partial charge in [-0.1, -0.05) is 102 Å². The Kier molecular flexibility index (Phi) is 13.9. The molecule has 0 aromatic heterocycles. The van der Waals surface area contributed by atoms with Gasteiger partial charge in [0.2, 0.25) is 11.8 Å².